The summed E-state index contributed by atoms with van der Waals surface area (Å²) in [5.41, 5.74) is 2.31. The minimum absolute atomic E-state index is 0. The average molecular weight is 595 g/mol. The summed E-state index contributed by atoms with van der Waals surface area (Å²) in [7, 11) is -4.50. The van der Waals surface area contributed by atoms with Gasteiger partial charge < -0.3 is 4.55 Å². The van der Waals surface area contributed by atoms with E-state index in [4.69, 9.17) is 0 Å². The molecule has 0 bridgehead atoms. The number of aryl methyl sites for hydroxylation is 2. The molecule has 0 heterocycles. The molecule has 0 spiro atoms. The molecule has 0 aliphatic carbocycles. The first kappa shape index (κ1) is 38.6. The molecular weight excluding hydrogens is 535 g/mol. The number of hydrogen-bond acceptors (Lipinski definition) is 3. The van der Waals surface area contributed by atoms with Gasteiger partial charge in [0.1, 0.15) is 10.1 Å². The molecule has 228 valence electrons. The van der Waals surface area contributed by atoms with Gasteiger partial charge in [0.25, 0.3) is 0 Å². The molecule has 0 N–H and O–H groups in total. The van der Waals surface area contributed by atoms with Gasteiger partial charge in [0.2, 0.25) is 0 Å². The van der Waals surface area contributed by atoms with Gasteiger partial charge in [-0.15, -0.1) is 0 Å². The van der Waals surface area contributed by atoms with Crippen LogP contribution in [-0.4, -0.2) is 13.0 Å². The Hall–Kier alpha value is -0.390. The Kier molecular flexibility index (Phi) is 22.6. The molecule has 0 unspecified atom stereocenters. The van der Waals surface area contributed by atoms with Crippen molar-refractivity contribution in [1.29, 1.82) is 0 Å². The van der Waals surface area contributed by atoms with E-state index in [1.807, 2.05) is 12.1 Å². The van der Waals surface area contributed by atoms with Gasteiger partial charge in [0.15, 0.2) is 0 Å². The quantitative estimate of drug-likeness (QED) is 0.0658. The Morgan fingerprint density at radius 2 is 0.927 bits per heavy atom. The summed E-state index contributed by atoms with van der Waals surface area (Å²) in [4.78, 5) is -0.0639. The second-order valence-electron chi connectivity index (χ2n) is 12.1. The summed E-state index contributed by atoms with van der Waals surface area (Å²) in [5, 5.41) is 1.56. The van der Waals surface area contributed by atoms with E-state index in [0.717, 1.165) is 36.6 Å². The second-order valence-corrected chi connectivity index (χ2v) is 13.5. The first-order chi connectivity index (χ1) is 19.5. The summed E-state index contributed by atoms with van der Waals surface area (Å²) in [5.74, 6) is 0. The number of unbranched alkanes of at least 4 members (excludes halogenated alkanes) is 20. The SMILES string of the molecule is CCCCCCCCCCCCCc1ccc2c(CCCCCCCCCCCCC)ccc(S(=O)(=O)[O-])c2c1.[Na+]. The molecule has 2 rings (SSSR count). The third-order valence-electron chi connectivity index (χ3n) is 8.52. The third kappa shape index (κ3) is 16.9. The van der Waals surface area contributed by atoms with Crippen LogP contribution in [0.2, 0.25) is 0 Å². The van der Waals surface area contributed by atoms with Crippen LogP contribution in [0, 0.1) is 0 Å². The molecule has 0 aromatic heterocycles. The number of fused-ring (bicyclic) bond motifs is 1. The Morgan fingerprint density at radius 1 is 0.512 bits per heavy atom. The molecule has 5 heteroatoms. The zero-order valence-electron chi connectivity index (χ0n) is 27.0. The fraction of sp³-hybridized carbons (Fsp3) is 0.722. The van der Waals surface area contributed by atoms with E-state index in [2.05, 4.69) is 26.0 Å². The molecule has 3 nitrogen and oxygen atoms in total. The topological polar surface area (TPSA) is 57.2 Å². The van der Waals surface area contributed by atoms with Crippen LogP contribution in [0.1, 0.15) is 166 Å². The van der Waals surface area contributed by atoms with Crippen molar-refractivity contribution in [3.63, 3.8) is 0 Å². The van der Waals surface area contributed by atoms with Crippen LogP contribution < -0.4 is 29.6 Å². The van der Waals surface area contributed by atoms with Crippen LogP contribution in [-0.2, 0) is 23.0 Å². The minimum Gasteiger partial charge on any atom is -0.744 e. The number of rotatable bonds is 25. The van der Waals surface area contributed by atoms with Crippen LogP contribution in [0.15, 0.2) is 35.2 Å². The van der Waals surface area contributed by atoms with E-state index >= 15 is 0 Å². The Balaban J connectivity index is 0.00000840. The standard InChI is InChI=1S/C36H60O3S.Na/c1-3-5-7-9-11-13-15-17-19-21-23-25-32-27-29-34-33(28-30-36(35(34)31-32)40(37,38)39)26-24-22-20-18-16-14-12-10-8-6-4-2;/h27-31H,3-26H2,1-2H3,(H,37,38,39);/q;+1/p-1. The summed E-state index contributed by atoms with van der Waals surface area (Å²) in [6.07, 6.45) is 30.7. The van der Waals surface area contributed by atoms with Crippen molar-refractivity contribution in [3.05, 3.63) is 41.5 Å². The summed E-state index contributed by atoms with van der Waals surface area (Å²) < 4.78 is 36.1. The van der Waals surface area contributed by atoms with Gasteiger partial charge in [-0.3, -0.25) is 0 Å². The van der Waals surface area contributed by atoms with Gasteiger partial charge in [0, 0.05) is 0 Å². The number of benzene rings is 2. The summed E-state index contributed by atoms with van der Waals surface area (Å²) >= 11 is 0. The van der Waals surface area contributed by atoms with Gasteiger partial charge in [0.05, 0.1) is 4.90 Å². The molecular formula is C36H59NaO3S. The normalized spacial score (nSPS) is 11.7. The molecule has 0 atom stereocenters. The predicted octanol–water partition coefficient (Wildman–Crippen LogP) is 8.45. The second kappa shape index (κ2) is 24.0. The molecule has 0 radical (unpaired) electrons. The molecule has 2 aromatic rings. The van der Waals surface area contributed by atoms with Crippen LogP contribution in [0.3, 0.4) is 0 Å². The maximum atomic E-state index is 12.0. The van der Waals surface area contributed by atoms with Crippen molar-refractivity contribution >= 4 is 20.9 Å². The fourth-order valence-corrected chi connectivity index (χ4v) is 6.67. The third-order valence-corrected chi connectivity index (χ3v) is 9.41. The maximum Gasteiger partial charge on any atom is 1.00 e. The molecule has 41 heavy (non-hydrogen) atoms. The molecule has 0 aliphatic heterocycles. The average Bonchev–Trinajstić information content (AvgIpc) is 2.93. The van der Waals surface area contributed by atoms with Crippen LogP contribution in [0.5, 0.6) is 0 Å². The fourth-order valence-electron chi connectivity index (χ4n) is 6.00. The largest absolute Gasteiger partial charge is 1.00 e. The van der Waals surface area contributed by atoms with Crippen LogP contribution >= 0.6 is 0 Å². The molecule has 2 aromatic carbocycles. The van der Waals surface area contributed by atoms with E-state index in [-0.39, 0.29) is 34.5 Å². The zero-order chi connectivity index (χ0) is 28.9. The van der Waals surface area contributed by atoms with Gasteiger partial charge in [-0.2, -0.15) is 0 Å². The molecule has 0 saturated carbocycles. The Labute approximate surface area is 276 Å². The van der Waals surface area contributed by atoms with Crippen molar-refractivity contribution in [3.8, 4) is 0 Å². The first-order valence-electron chi connectivity index (χ1n) is 17.0. The van der Waals surface area contributed by atoms with Crippen molar-refractivity contribution in [2.75, 3.05) is 0 Å². The maximum absolute atomic E-state index is 12.0. The van der Waals surface area contributed by atoms with Crippen molar-refractivity contribution in [2.45, 2.75) is 173 Å². The molecule has 0 fully saturated rings. The van der Waals surface area contributed by atoms with Crippen molar-refractivity contribution < 1.29 is 42.5 Å². The van der Waals surface area contributed by atoms with Crippen molar-refractivity contribution in [2.24, 2.45) is 0 Å². The van der Waals surface area contributed by atoms with E-state index < -0.39 is 10.1 Å². The predicted molar refractivity (Wildman–Crippen MR) is 172 cm³/mol. The smallest absolute Gasteiger partial charge is 0.744 e. The zero-order valence-corrected chi connectivity index (χ0v) is 29.8. The Morgan fingerprint density at radius 3 is 1.37 bits per heavy atom. The van der Waals surface area contributed by atoms with Gasteiger partial charge in [-0.1, -0.05) is 160 Å². The van der Waals surface area contributed by atoms with Gasteiger partial charge in [-0.25, -0.2) is 8.42 Å². The molecule has 0 amide bonds. The van der Waals surface area contributed by atoms with E-state index in [0.29, 0.717) is 5.39 Å². The van der Waals surface area contributed by atoms with Crippen LogP contribution in [0.25, 0.3) is 10.8 Å². The van der Waals surface area contributed by atoms with Crippen molar-refractivity contribution in [1.82, 2.24) is 0 Å². The number of hydrogen-bond donors (Lipinski definition) is 0. The summed E-state index contributed by atoms with van der Waals surface area (Å²) in [6.45, 7) is 4.53. The van der Waals surface area contributed by atoms with Gasteiger partial charge >= 0.3 is 29.6 Å². The van der Waals surface area contributed by atoms with E-state index in [1.165, 1.54) is 134 Å². The minimum atomic E-state index is -4.50. The van der Waals surface area contributed by atoms with Crippen LogP contribution in [0.4, 0.5) is 0 Å². The Bertz CT molecular complexity index is 1030. The van der Waals surface area contributed by atoms with E-state index in [9.17, 15) is 13.0 Å². The summed E-state index contributed by atoms with van der Waals surface area (Å²) in [6, 6.07) is 9.59. The molecule has 0 saturated heterocycles. The monoisotopic (exact) mass is 594 g/mol. The van der Waals surface area contributed by atoms with E-state index in [1.54, 1.807) is 6.07 Å². The first-order valence-corrected chi connectivity index (χ1v) is 18.4. The molecule has 0 aliphatic rings. The van der Waals surface area contributed by atoms with Gasteiger partial charge in [-0.05, 0) is 59.7 Å².